The number of nitrogens with one attached hydrogen (secondary N) is 1. The molecule has 0 unspecified atom stereocenters. The van der Waals surface area contributed by atoms with E-state index in [0.717, 1.165) is 52.8 Å². The van der Waals surface area contributed by atoms with Gasteiger partial charge in [0.2, 0.25) is 15.9 Å². The van der Waals surface area contributed by atoms with E-state index in [1.54, 1.807) is 31.2 Å². The Morgan fingerprint density at radius 1 is 1.05 bits per heavy atom. The van der Waals surface area contributed by atoms with E-state index in [2.05, 4.69) is 5.32 Å². The van der Waals surface area contributed by atoms with E-state index in [9.17, 15) is 18.0 Å². The van der Waals surface area contributed by atoms with Gasteiger partial charge in [-0.3, -0.25) is 4.79 Å². The van der Waals surface area contributed by atoms with Crippen molar-refractivity contribution in [2.45, 2.75) is 63.4 Å². The van der Waals surface area contributed by atoms with Crippen LogP contribution >= 0.6 is 11.3 Å². The molecule has 1 aliphatic carbocycles. The van der Waals surface area contributed by atoms with Crippen molar-refractivity contribution >= 4 is 38.2 Å². The van der Waals surface area contributed by atoms with E-state index in [-0.39, 0.29) is 24.5 Å². The van der Waals surface area contributed by atoms with Gasteiger partial charge in [0.25, 0.3) is 0 Å². The number of anilines is 1. The van der Waals surface area contributed by atoms with E-state index in [0.29, 0.717) is 10.6 Å². The molecule has 9 heteroatoms. The van der Waals surface area contributed by atoms with Gasteiger partial charge in [-0.05, 0) is 74.8 Å². The molecule has 5 rings (SSSR count). The van der Waals surface area contributed by atoms with Gasteiger partial charge in [0.05, 0.1) is 17.1 Å². The van der Waals surface area contributed by atoms with E-state index >= 15 is 0 Å². The summed E-state index contributed by atoms with van der Waals surface area (Å²) in [7, 11) is -3.96. The molecule has 1 amide bonds. The number of nitrogens with zero attached hydrogens (tertiary/aromatic N) is 1. The highest BCUT2D eigenvalue weighted by Gasteiger charge is 2.40. The highest BCUT2D eigenvalue weighted by molar-refractivity contribution is 7.89. The molecule has 1 aliphatic heterocycles. The molecule has 194 valence electrons. The lowest BCUT2D eigenvalue weighted by Gasteiger charge is -2.35. The highest BCUT2D eigenvalue weighted by atomic mass is 32.2. The number of esters is 1. The number of carbonyl (C=O) groups is 2. The molecule has 0 radical (unpaired) electrons. The van der Waals surface area contributed by atoms with Crippen LogP contribution in [0.1, 0.15) is 57.3 Å². The molecule has 2 aliphatic rings. The number of rotatable bonds is 6. The lowest BCUT2D eigenvalue weighted by atomic mass is 9.94. The monoisotopic (exact) mass is 538 g/mol. The van der Waals surface area contributed by atoms with Gasteiger partial charge in [0.15, 0.2) is 0 Å². The molecule has 3 aromatic rings. The Bertz CT molecular complexity index is 1440. The zero-order chi connectivity index (χ0) is 26.2. The van der Waals surface area contributed by atoms with Crippen molar-refractivity contribution in [1.82, 2.24) is 4.31 Å². The molecule has 1 aromatic heterocycles. The molecule has 0 spiro atoms. The minimum absolute atomic E-state index is 0.0934. The molecule has 0 bridgehead atoms. The summed E-state index contributed by atoms with van der Waals surface area (Å²) in [5, 5.41) is 3.39. The van der Waals surface area contributed by atoms with Gasteiger partial charge in [-0.1, -0.05) is 42.0 Å². The summed E-state index contributed by atoms with van der Waals surface area (Å²) in [4.78, 5) is 27.9. The standard InChI is InChI=1S/C28H30N2O5S2/c1-3-35-28(32)25-22-10-6-7-11-24(22)36-27(25)29-26(31)23-16-19-8-4-5-9-20(19)17-30(23)37(33,34)21-14-12-18(2)13-15-21/h4-5,8-9,12-15,23H,3,6-7,10-11,16-17H2,1-2H3,(H,29,31)/t23-/m0/s1. The summed E-state index contributed by atoms with van der Waals surface area (Å²) in [5.41, 5.74) is 4.13. The summed E-state index contributed by atoms with van der Waals surface area (Å²) in [6.07, 6.45) is 3.87. The third-order valence-electron chi connectivity index (χ3n) is 7.02. The van der Waals surface area contributed by atoms with Crippen molar-refractivity contribution in [2.75, 3.05) is 11.9 Å². The van der Waals surface area contributed by atoms with E-state index in [4.69, 9.17) is 4.74 Å². The second-order valence-electron chi connectivity index (χ2n) is 9.48. The van der Waals surface area contributed by atoms with Gasteiger partial charge in [0, 0.05) is 11.4 Å². The maximum Gasteiger partial charge on any atom is 0.341 e. The van der Waals surface area contributed by atoms with Crippen molar-refractivity contribution in [3.8, 4) is 0 Å². The molecular weight excluding hydrogens is 508 g/mol. The third kappa shape index (κ3) is 4.95. The van der Waals surface area contributed by atoms with Gasteiger partial charge < -0.3 is 10.1 Å². The van der Waals surface area contributed by atoms with Crippen LogP contribution in [0.4, 0.5) is 5.00 Å². The van der Waals surface area contributed by atoms with Crippen LogP contribution < -0.4 is 5.32 Å². The average molecular weight is 539 g/mol. The molecule has 7 nitrogen and oxygen atoms in total. The number of sulfonamides is 1. The summed E-state index contributed by atoms with van der Waals surface area (Å²) < 4.78 is 34.1. The topological polar surface area (TPSA) is 92.8 Å². The minimum atomic E-state index is -3.96. The predicted octanol–water partition coefficient (Wildman–Crippen LogP) is 4.87. The number of aryl methyl sites for hydroxylation is 2. The quantitative estimate of drug-likeness (QED) is 0.452. The first-order valence-electron chi connectivity index (χ1n) is 12.6. The van der Waals surface area contributed by atoms with Crippen LogP contribution in [-0.4, -0.2) is 37.2 Å². The highest BCUT2D eigenvalue weighted by Crippen LogP contribution is 2.39. The zero-order valence-corrected chi connectivity index (χ0v) is 22.6. The van der Waals surface area contributed by atoms with Crippen molar-refractivity contribution in [1.29, 1.82) is 0 Å². The smallest absolute Gasteiger partial charge is 0.341 e. The Labute approximate surface area is 221 Å². The maximum atomic E-state index is 13.8. The molecule has 0 fully saturated rings. The van der Waals surface area contributed by atoms with Gasteiger partial charge in [-0.25, -0.2) is 13.2 Å². The SMILES string of the molecule is CCOC(=O)c1c(NC(=O)[C@@H]2Cc3ccccc3CN2S(=O)(=O)c2ccc(C)cc2)sc2c1CCCC2. The number of fused-ring (bicyclic) bond motifs is 2. The fraction of sp³-hybridized carbons (Fsp3) is 0.357. The predicted molar refractivity (Wildman–Crippen MR) is 143 cm³/mol. The Morgan fingerprint density at radius 3 is 2.49 bits per heavy atom. The molecule has 1 atom stereocenters. The molecule has 2 aromatic carbocycles. The Kier molecular flexibility index (Phi) is 7.20. The van der Waals surface area contributed by atoms with Crippen molar-refractivity contribution in [3.63, 3.8) is 0 Å². The largest absolute Gasteiger partial charge is 0.462 e. The normalized spacial score (nSPS) is 17.5. The van der Waals surface area contributed by atoms with Gasteiger partial charge >= 0.3 is 5.97 Å². The van der Waals surface area contributed by atoms with Crippen LogP contribution in [0.25, 0.3) is 0 Å². The number of hydrogen-bond donors (Lipinski definition) is 1. The first-order chi connectivity index (χ1) is 17.8. The molecule has 2 heterocycles. The lowest BCUT2D eigenvalue weighted by molar-refractivity contribution is -0.120. The van der Waals surface area contributed by atoms with Crippen LogP contribution in [0.3, 0.4) is 0 Å². The Morgan fingerprint density at radius 2 is 1.76 bits per heavy atom. The molecule has 0 saturated heterocycles. The number of hydrogen-bond acceptors (Lipinski definition) is 6. The van der Waals surface area contributed by atoms with Crippen molar-refractivity contribution in [2.24, 2.45) is 0 Å². The minimum Gasteiger partial charge on any atom is -0.462 e. The van der Waals surface area contributed by atoms with Gasteiger partial charge in [0.1, 0.15) is 11.0 Å². The van der Waals surface area contributed by atoms with E-state index in [1.807, 2.05) is 31.2 Å². The molecular formula is C28H30N2O5S2. The zero-order valence-electron chi connectivity index (χ0n) is 21.0. The molecule has 0 saturated carbocycles. The fourth-order valence-corrected chi connectivity index (χ4v) is 7.93. The average Bonchev–Trinajstić information content (AvgIpc) is 3.26. The second-order valence-corrected chi connectivity index (χ2v) is 12.5. The Hall–Kier alpha value is -3.01. The lowest BCUT2D eigenvalue weighted by Crippen LogP contribution is -2.50. The molecule has 1 N–H and O–H groups in total. The number of benzene rings is 2. The second kappa shape index (κ2) is 10.4. The van der Waals surface area contributed by atoms with Crippen LogP contribution in [0.5, 0.6) is 0 Å². The maximum absolute atomic E-state index is 13.8. The number of thiophene rings is 1. The first-order valence-corrected chi connectivity index (χ1v) is 14.8. The van der Waals surface area contributed by atoms with Crippen LogP contribution in [0, 0.1) is 6.92 Å². The summed E-state index contributed by atoms with van der Waals surface area (Å²) in [6, 6.07) is 13.3. The summed E-state index contributed by atoms with van der Waals surface area (Å²) in [6.45, 7) is 3.97. The number of carbonyl (C=O) groups excluding carboxylic acids is 2. The number of ether oxygens (including phenoxy) is 1. The molecule has 37 heavy (non-hydrogen) atoms. The first kappa shape index (κ1) is 25.6. The van der Waals surface area contributed by atoms with Crippen LogP contribution in [0.2, 0.25) is 0 Å². The summed E-state index contributed by atoms with van der Waals surface area (Å²) >= 11 is 1.40. The van der Waals surface area contributed by atoms with Gasteiger partial charge in [-0.2, -0.15) is 4.31 Å². The van der Waals surface area contributed by atoms with Crippen LogP contribution in [-0.2, 0) is 45.4 Å². The van der Waals surface area contributed by atoms with Crippen molar-refractivity contribution in [3.05, 3.63) is 81.2 Å². The van der Waals surface area contributed by atoms with Crippen molar-refractivity contribution < 1.29 is 22.7 Å². The van der Waals surface area contributed by atoms with Crippen LogP contribution in [0.15, 0.2) is 53.4 Å². The van der Waals surface area contributed by atoms with E-state index < -0.39 is 27.9 Å². The van der Waals surface area contributed by atoms with Gasteiger partial charge in [-0.15, -0.1) is 11.3 Å². The fourth-order valence-electron chi connectivity index (χ4n) is 5.09. The van der Waals surface area contributed by atoms with E-state index in [1.165, 1.54) is 15.6 Å². The summed E-state index contributed by atoms with van der Waals surface area (Å²) in [5.74, 6) is -0.898. The number of amides is 1. The Balaban J connectivity index is 1.52. The third-order valence-corrected chi connectivity index (χ3v) is 10.1.